The molecule has 0 saturated carbocycles. The minimum absolute atomic E-state index is 0.0969. The Bertz CT molecular complexity index is 1270. The van der Waals surface area contributed by atoms with Crippen LogP contribution in [0.3, 0.4) is 0 Å². The molecule has 1 aliphatic heterocycles. The molecule has 0 unspecified atom stereocenters. The van der Waals surface area contributed by atoms with Crippen molar-refractivity contribution in [1.82, 2.24) is 14.9 Å². The normalized spacial score (nSPS) is 14.7. The van der Waals surface area contributed by atoms with E-state index in [0.29, 0.717) is 36.0 Å². The molecule has 0 aliphatic carbocycles. The van der Waals surface area contributed by atoms with Gasteiger partial charge in [0.2, 0.25) is 5.91 Å². The molecule has 2 aromatic carbocycles. The van der Waals surface area contributed by atoms with E-state index >= 15 is 0 Å². The van der Waals surface area contributed by atoms with E-state index in [1.54, 1.807) is 25.3 Å². The lowest BCUT2D eigenvalue weighted by atomic mass is 9.89. The largest absolute Gasteiger partial charge is 0.497 e. The second-order valence-electron chi connectivity index (χ2n) is 8.41. The SMILES string of the molecule is COc1ccc2[nH]cc(C3CCN(C(=O)CCc4ncc(-c5ccccc5F)o4)CC3)c2c1. The summed E-state index contributed by atoms with van der Waals surface area (Å²) in [6.45, 7) is 1.46. The fourth-order valence-corrected chi connectivity index (χ4v) is 4.61. The zero-order valence-electron chi connectivity index (χ0n) is 18.5. The maximum Gasteiger partial charge on any atom is 0.223 e. The highest BCUT2D eigenvalue weighted by Gasteiger charge is 2.25. The molecule has 0 radical (unpaired) electrons. The number of methoxy groups -OCH3 is 1. The highest BCUT2D eigenvalue weighted by Crippen LogP contribution is 2.35. The van der Waals surface area contributed by atoms with Crippen molar-refractivity contribution in [3.8, 4) is 17.1 Å². The van der Waals surface area contributed by atoms with Gasteiger partial charge in [0.25, 0.3) is 0 Å². The first kappa shape index (κ1) is 21.2. The number of rotatable bonds is 6. The fourth-order valence-electron chi connectivity index (χ4n) is 4.61. The van der Waals surface area contributed by atoms with Gasteiger partial charge in [-0.05, 0) is 54.7 Å². The Hall–Kier alpha value is -3.61. The number of H-pyrrole nitrogens is 1. The van der Waals surface area contributed by atoms with Gasteiger partial charge in [0.05, 0.1) is 18.9 Å². The van der Waals surface area contributed by atoms with Crippen LogP contribution < -0.4 is 4.74 Å². The number of oxazole rings is 1. The van der Waals surface area contributed by atoms with Gasteiger partial charge in [-0.2, -0.15) is 0 Å². The minimum atomic E-state index is -0.354. The van der Waals surface area contributed by atoms with E-state index in [4.69, 9.17) is 9.15 Å². The number of halogens is 1. The second kappa shape index (κ2) is 9.10. The van der Waals surface area contributed by atoms with Crippen LogP contribution in [0.4, 0.5) is 4.39 Å². The van der Waals surface area contributed by atoms with Gasteiger partial charge in [-0.15, -0.1) is 0 Å². The number of aryl methyl sites for hydroxylation is 1. The summed E-state index contributed by atoms with van der Waals surface area (Å²) in [6.07, 6.45) is 6.17. The predicted molar refractivity (Wildman–Crippen MR) is 124 cm³/mol. The number of hydrogen-bond acceptors (Lipinski definition) is 4. The first-order valence-electron chi connectivity index (χ1n) is 11.2. The van der Waals surface area contributed by atoms with Crippen molar-refractivity contribution in [2.75, 3.05) is 20.2 Å². The lowest BCUT2D eigenvalue weighted by molar-refractivity contribution is -0.132. The van der Waals surface area contributed by atoms with Gasteiger partial charge in [-0.1, -0.05) is 12.1 Å². The lowest BCUT2D eigenvalue weighted by Gasteiger charge is -2.32. The molecule has 0 atom stereocenters. The van der Waals surface area contributed by atoms with Gasteiger partial charge < -0.3 is 19.0 Å². The summed E-state index contributed by atoms with van der Waals surface area (Å²) < 4.78 is 25.0. The smallest absolute Gasteiger partial charge is 0.223 e. The predicted octanol–water partition coefficient (Wildman–Crippen LogP) is 5.31. The number of carbonyl (C=O) groups is 1. The van der Waals surface area contributed by atoms with Crippen LogP contribution in [0.25, 0.3) is 22.2 Å². The molecule has 7 heteroatoms. The number of aromatic amines is 1. The molecular weight excluding hydrogens is 421 g/mol. The Morgan fingerprint density at radius 3 is 2.85 bits per heavy atom. The molecule has 5 rings (SSSR count). The van der Waals surface area contributed by atoms with E-state index in [-0.39, 0.29) is 11.7 Å². The number of likely N-dealkylation sites (tertiary alicyclic amines) is 1. The number of amides is 1. The van der Waals surface area contributed by atoms with E-state index in [0.717, 1.165) is 37.2 Å². The van der Waals surface area contributed by atoms with Gasteiger partial charge in [0.1, 0.15) is 11.6 Å². The van der Waals surface area contributed by atoms with Gasteiger partial charge in [-0.3, -0.25) is 4.79 Å². The molecule has 1 N–H and O–H groups in total. The second-order valence-corrected chi connectivity index (χ2v) is 8.41. The van der Waals surface area contributed by atoms with E-state index < -0.39 is 0 Å². The molecule has 4 aromatic rings. The monoisotopic (exact) mass is 447 g/mol. The molecule has 1 fully saturated rings. The Morgan fingerprint density at radius 1 is 1.24 bits per heavy atom. The molecular formula is C26H26FN3O3. The summed E-state index contributed by atoms with van der Waals surface area (Å²) in [4.78, 5) is 22.3. The molecule has 170 valence electrons. The van der Waals surface area contributed by atoms with Crippen LogP contribution >= 0.6 is 0 Å². The maximum atomic E-state index is 13.9. The van der Waals surface area contributed by atoms with Crippen molar-refractivity contribution in [1.29, 1.82) is 0 Å². The number of hydrogen-bond donors (Lipinski definition) is 1. The molecule has 6 nitrogen and oxygen atoms in total. The lowest BCUT2D eigenvalue weighted by Crippen LogP contribution is -2.38. The number of nitrogens with zero attached hydrogens (tertiary/aromatic N) is 2. The van der Waals surface area contributed by atoms with Crippen molar-refractivity contribution in [2.24, 2.45) is 0 Å². The Morgan fingerprint density at radius 2 is 2.06 bits per heavy atom. The summed E-state index contributed by atoms with van der Waals surface area (Å²) in [7, 11) is 1.68. The quantitative estimate of drug-likeness (QED) is 0.435. The van der Waals surface area contributed by atoms with Crippen molar-refractivity contribution in [2.45, 2.75) is 31.6 Å². The number of carbonyl (C=O) groups excluding carboxylic acids is 1. The number of piperidine rings is 1. The van der Waals surface area contributed by atoms with E-state index in [1.165, 1.54) is 23.2 Å². The molecule has 3 heterocycles. The van der Waals surface area contributed by atoms with Gasteiger partial charge in [-0.25, -0.2) is 9.37 Å². The van der Waals surface area contributed by atoms with Crippen molar-refractivity contribution < 1.29 is 18.3 Å². The maximum absolute atomic E-state index is 13.9. The zero-order valence-corrected chi connectivity index (χ0v) is 18.5. The van der Waals surface area contributed by atoms with E-state index in [2.05, 4.69) is 22.2 Å². The topological polar surface area (TPSA) is 71.4 Å². The third-order valence-corrected chi connectivity index (χ3v) is 6.45. The number of aromatic nitrogens is 2. The molecule has 1 saturated heterocycles. The molecule has 33 heavy (non-hydrogen) atoms. The van der Waals surface area contributed by atoms with Gasteiger partial charge in [0.15, 0.2) is 11.7 Å². The molecule has 1 aliphatic rings. The van der Waals surface area contributed by atoms with Gasteiger partial charge >= 0.3 is 0 Å². The third kappa shape index (κ3) is 4.35. The average molecular weight is 448 g/mol. The third-order valence-electron chi connectivity index (χ3n) is 6.45. The first-order valence-corrected chi connectivity index (χ1v) is 11.2. The van der Waals surface area contributed by atoms with Crippen LogP contribution in [-0.2, 0) is 11.2 Å². The summed E-state index contributed by atoms with van der Waals surface area (Å²) >= 11 is 0. The standard InChI is InChI=1S/C26H26FN3O3/c1-32-18-6-7-23-20(14-18)21(15-28-23)17-10-12-30(13-11-17)26(31)9-8-25-29-16-24(33-25)19-4-2-3-5-22(19)27/h2-7,14-17,28H,8-13H2,1H3. The number of nitrogens with one attached hydrogen (secondary N) is 1. The Labute approximate surface area is 191 Å². The van der Waals surface area contributed by atoms with Crippen LogP contribution in [-0.4, -0.2) is 41.0 Å². The average Bonchev–Trinajstić information content (AvgIpc) is 3.49. The summed E-state index contributed by atoms with van der Waals surface area (Å²) in [5, 5.41) is 1.19. The molecule has 1 amide bonds. The van der Waals surface area contributed by atoms with Crippen LogP contribution in [0.2, 0.25) is 0 Å². The molecule has 0 bridgehead atoms. The highest BCUT2D eigenvalue weighted by atomic mass is 19.1. The van der Waals surface area contributed by atoms with Crippen molar-refractivity contribution in [3.63, 3.8) is 0 Å². The Kier molecular flexibility index (Phi) is 5.86. The number of ether oxygens (including phenoxy) is 1. The van der Waals surface area contributed by atoms with Crippen molar-refractivity contribution in [3.05, 3.63) is 72.1 Å². The summed E-state index contributed by atoms with van der Waals surface area (Å²) in [5.74, 6) is 1.83. The van der Waals surface area contributed by atoms with Crippen LogP contribution in [0.1, 0.15) is 36.6 Å². The zero-order chi connectivity index (χ0) is 22.8. The highest BCUT2D eigenvalue weighted by molar-refractivity contribution is 5.85. The van der Waals surface area contributed by atoms with Crippen LogP contribution in [0, 0.1) is 5.82 Å². The molecule has 0 spiro atoms. The van der Waals surface area contributed by atoms with E-state index in [1.807, 2.05) is 17.0 Å². The molecule has 2 aromatic heterocycles. The Balaban J connectivity index is 1.17. The number of fused-ring (bicyclic) bond motifs is 1. The van der Waals surface area contributed by atoms with E-state index in [9.17, 15) is 9.18 Å². The summed E-state index contributed by atoms with van der Waals surface area (Å²) in [6, 6.07) is 12.5. The first-order chi connectivity index (χ1) is 16.1. The summed E-state index contributed by atoms with van der Waals surface area (Å²) in [5.41, 5.74) is 2.76. The van der Waals surface area contributed by atoms with Crippen molar-refractivity contribution >= 4 is 16.8 Å². The fraction of sp³-hybridized carbons (Fsp3) is 0.308. The number of benzene rings is 2. The van der Waals surface area contributed by atoms with Crippen LogP contribution in [0.5, 0.6) is 5.75 Å². The minimum Gasteiger partial charge on any atom is -0.497 e. The van der Waals surface area contributed by atoms with Crippen LogP contribution in [0.15, 0.2) is 59.3 Å². The van der Waals surface area contributed by atoms with Gasteiger partial charge in [0, 0.05) is 43.0 Å².